The molecule has 0 aromatic heterocycles. The van der Waals surface area contributed by atoms with E-state index in [-0.39, 0.29) is 12.5 Å². The van der Waals surface area contributed by atoms with Crippen molar-refractivity contribution in [2.24, 2.45) is 5.10 Å². The third kappa shape index (κ3) is 5.67. The molecule has 0 radical (unpaired) electrons. The Balaban J connectivity index is 1.75. The van der Waals surface area contributed by atoms with Gasteiger partial charge in [0.05, 0.1) is 13.7 Å². The third-order valence-corrected chi connectivity index (χ3v) is 2.99. The highest BCUT2D eigenvalue weighted by molar-refractivity contribution is 5.83. The van der Waals surface area contributed by atoms with Crippen LogP contribution in [0.3, 0.4) is 0 Å². The summed E-state index contributed by atoms with van der Waals surface area (Å²) >= 11 is 0. The number of amides is 1. The number of hydrazone groups is 1. The topological polar surface area (TPSA) is 62.7 Å². The number of methoxy groups -OCH3 is 1. The van der Waals surface area contributed by atoms with Crippen LogP contribution >= 0.6 is 0 Å². The van der Waals surface area contributed by atoms with Crippen LogP contribution in [-0.2, 0) is 4.79 Å². The lowest BCUT2D eigenvalue weighted by Crippen LogP contribution is -2.25. The summed E-state index contributed by atoms with van der Waals surface area (Å²) in [6.45, 7) is 0.164. The van der Waals surface area contributed by atoms with E-state index in [1.165, 1.54) is 6.21 Å². The summed E-state index contributed by atoms with van der Waals surface area (Å²) in [5, 5.41) is 6.87. The molecule has 5 nitrogen and oxygen atoms in total. The number of rotatable bonds is 7. The number of ether oxygens (including phenoxy) is 1. The van der Waals surface area contributed by atoms with Crippen molar-refractivity contribution in [2.45, 2.75) is 0 Å². The highest BCUT2D eigenvalue weighted by Crippen LogP contribution is 2.18. The molecule has 2 rings (SSSR count). The molecule has 2 aromatic carbocycles. The van der Waals surface area contributed by atoms with Crippen molar-refractivity contribution >= 4 is 23.9 Å². The van der Waals surface area contributed by atoms with Crippen LogP contribution in [0.4, 0.5) is 5.69 Å². The maximum atomic E-state index is 11.6. The van der Waals surface area contributed by atoms with Gasteiger partial charge >= 0.3 is 0 Å². The molecule has 23 heavy (non-hydrogen) atoms. The van der Waals surface area contributed by atoms with E-state index in [4.69, 9.17) is 4.74 Å². The Morgan fingerprint density at radius 2 is 1.87 bits per heavy atom. The largest absolute Gasteiger partial charge is 0.496 e. The maximum Gasteiger partial charge on any atom is 0.259 e. The van der Waals surface area contributed by atoms with E-state index < -0.39 is 0 Å². The zero-order valence-corrected chi connectivity index (χ0v) is 12.9. The number of para-hydroxylation sites is 2. The minimum atomic E-state index is -0.212. The Morgan fingerprint density at radius 1 is 1.13 bits per heavy atom. The summed E-state index contributed by atoms with van der Waals surface area (Å²) < 4.78 is 5.24. The zero-order chi connectivity index (χ0) is 16.3. The van der Waals surface area contributed by atoms with Gasteiger partial charge in [0, 0.05) is 17.5 Å². The van der Waals surface area contributed by atoms with E-state index >= 15 is 0 Å². The van der Waals surface area contributed by atoms with Gasteiger partial charge in [0.2, 0.25) is 0 Å². The summed E-state index contributed by atoms with van der Waals surface area (Å²) in [5.74, 6) is 0.573. The van der Waals surface area contributed by atoms with E-state index in [2.05, 4.69) is 15.8 Å². The first kappa shape index (κ1) is 16.3. The lowest BCUT2D eigenvalue weighted by atomic mass is 10.2. The predicted octanol–water partition coefficient (Wildman–Crippen LogP) is 2.92. The molecule has 0 aliphatic rings. The van der Waals surface area contributed by atoms with Gasteiger partial charge in [-0.3, -0.25) is 4.79 Å². The molecule has 2 aromatic rings. The number of allylic oxidation sites excluding steroid dienone is 1. The van der Waals surface area contributed by atoms with Crippen molar-refractivity contribution in [3.05, 3.63) is 66.2 Å². The van der Waals surface area contributed by atoms with E-state index in [9.17, 15) is 4.79 Å². The SMILES string of the molecule is COc1ccccc1/C=C/C=N/NC(=O)CNc1ccccc1. The van der Waals surface area contributed by atoms with Crippen molar-refractivity contribution in [3.8, 4) is 5.75 Å². The molecule has 0 fully saturated rings. The van der Waals surface area contributed by atoms with Gasteiger partial charge in [0.25, 0.3) is 5.91 Å². The van der Waals surface area contributed by atoms with Gasteiger partial charge in [-0.2, -0.15) is 5.10 Å². The molecule has 118 valence electrons. The highest BCUT2D eigenvalue weighted by Gasteiger charge is 1.98. The molecule has 0 aliphatic carbocycles. The zero-order valence-electron chi connectivity index (χ0n) is 12.9. The second-order valence-electron chi connectivity index (χ2n) is 4.63. The number of nitrogens with one attached hydrogen (secondary N) is 2. The summed E-state index contributed by atoms with van der Waals surface area (Å²) in [5.41, 5.74) is 4.29. The van der Waals surface area contributed by atoms with Gasteiger partial charge in [0.15, 0.2) is 0 Å². The minimum Gasteiger partial charge on any atom is -0.496 e. The molecule has 0 atom stereocenters. The molecular formula is C18H19N3O2. The minimum absolute atomic E-state index is 0.164. The molecule has 0 aliphatic heterocycles. The van der Waals surface area contributed by atoms with Crippen LogP contribution in [0.5, 0.6) is 5.75 Å². The quantitative estimate of drug-likeness (QED) is 0.610. The fourth-order valence-electron chi connectivity index (χ4n) is 1.88. The van der Waals surface area contributed by atoms with Crippen molar-refractivity contribution in [1.82, 2.24) is 5.43 Å². The van der Waals surface area contributed by atoms with E-state index in [0.717, 1.165) is 17.0 Å². The van der Waals surface area contributed by atoms with Gasteiger partial charge < -0.3 is 10.1 Å². The Labute approximate surface area is 135 Å². The van der Waals surface area contributed by atoms with Crippen LogP contribution in [0.1, 0.15) is 5.56 Å². The Hall–Kier alpha value is -3.08. The fraction of sp³-hybridized carbons (Fsp3) is 0.111. The van der Waals surface area contributed by atoms with Crippen molar-refractivity contribution < 1.29 is 9.53 Å². The lowest BCUT2D eigenvalue weighted by Gasteiger charge is -2.04. The second-order valence-corrected chi connectivity index (χ2v) is 4.63. The number of hydrogen-bond acceptors (Lipinski definition) is 4. The number of nitrogens with zero attached hydrogens (tertiary/aromatic N) is 1. The van der Waals surface area contributed by atoms with Gasteiger partial charge in [0.1, 0.15) is 5.75 Å². The number of carbonyl (C=O) groups excluding carboxylic acids is 1. The molecule has 5 heteroatoms. The first-order valence-corrected chi connectivity index (χ1v) is 7.20. The molecule has 0 saturated carbocycles. The van der Waals surface area contributed by atoms with Crippen LogP contribution in [0.15, 0.2) is 65.8 Å². The molecule has 1 amide bonds. The van der Waals surface area contributed by atoms with Crippen LogP contribution < -0.4 is 15.5 Å². The van der Waals surface area contributed by atoms with E-state index in [1.54, 1.807) is 13.2 Å². The first-order valence-electron chi connectivity index (χ1n) is 7.20. The van der Waals surface area contributed by atoms with Crippen molar-refractivity contribution in [3.63, 3.8) is 0 Å². The fourth-order valence-corrected chi connectivity index (χ4v) is 1.88. The number of hydrogen-bond donors (Lipinski definition) is 2. The van der Waals surface area contributed by atoms with E-state index in [0.29, 0.717) is 0 Å². The standard InChI is InChI=1S/C18H19N3O2/c1-23-17-12-6-5-8-15(17)9-7-13-20-21-18(22)14-19-16-10-3-2-4-11-16/h2-13,19H,14H2,1H3,(H,21,22)/b9-7+,20-13+. The number of benzene rings is 2. The van der Waals surface area contributed by atoms with Gasteiger partial charge in [-0.1, -0.05) is 36.4 Å². The Bertz CT molecular complexity index is 682. The number of carbonyl (C=O) groups is 1. The number of anilines is 1. The first-order chi connectivity index (χ1) is 11.3. The summed E-state index contributed by atoms with van der Waals surface area (Å²) in [6, 6.07) is 17.2. The van der Waals surface area contributed by atoms with Gasteiger partial charge in [-0.15, -0.1) is 0 Å². The Morgan fingerprint density at radius 3 is 2.65 bits per heavy atom. The van der Waals surface area contributed by atoms with Crippen LogP contribution in [0.2, 0.25) is 0 Å². The maximum absolute atomic E-state index is 11.6. The summed E-state index contributed by atoms with van der Waals surface area (Å²) in [4.78, 5) is 11.6. The normalized spacial score (nSPS) is 10.8. The van der Waals surface area contributed by atoms with Crippen molar-refractivity contribution in [2.75, 3.05) is 19.0 Å². The van der Waals surface area contributed by atoms with Crippen LogP contribution in [0.25, 0.3) is 6.08 Å². The molecule has 0 bridgehead atoms. The monoisotopic (exact) mass is 309 g/mol. The van der Waals surface area contributed by atoms with Gasteiger partial charge in [-0.05, 0) is 30.4 Å². The van der Waals surface area contributed by atoms with Crippen molar-refractivity contribution in [1.29, 1.82) is 0 Å². The highest BCUT2D eigenvalue weighted by atomic mass is 16.5. The third-order valence-electron chi connectivity index (χ3n) is 2.99. The molecule has 0 spiro atoms. The van der Waals surface area contributed by atoms with E-state index in [1.807, 2.05) is 60.7 Å². The lowest BCUT2D eigenvalue weighted by molar-refractivity contribution is -0.119. The smallest absolute Gasteiger partial charge is 0.259 e. The molecular weight excluding hydrogens is 290 g/mol. The molecule has 0 saturated heterocycles. The molecule has 0 heterocycles. The molecule has 0 unspecified atom stereocenters. The van der Waals surface area contributed by atoms with Crippen LogP contribution in [-0.4, -0.2) is 25.8 Å². The Kier molecular flexibility index (Phi) is 6.41. The predicted molar refractivity (Wildman–Crippen MR) is 93.6 cm³/mol. The summed E-state index contributed by atoms with van der Waals surface area (Å²) in [7, 11) is 1.63. The van der Waals surface area contributed by atoms with Gasteiger partial charge in [-0.25, -0.2) is 5.43 Å². The average Bonchev–Trinajstić information content (AvgIpc) is 2.61. The second kappa shape index (κ2) is 9.04. The molecule has 2 N–H and O–H groups in total. The average molecular weight is 309 g/mol. The summed E-state index contributed by atoms with van der Waals surface area (Å²) in [6.07, 6.45) is 5.12. The van der Waals surface area contributed by atoms with Crippen LogP contribution in [0, 0.1) is 0 Å².